The number of carbonyl (C=O) groups excluding carboxylic acids is 5. The third kappa shape index (κ3) is 14.8. The minimum absolute atomic E-state index is 0.110. The van der Waals surface area contributed by atoms with E-state index in [9.17, 15) is 14.7 Å². The van der Waals surface area contributed by atoms with Gasteiger partial charge in [0.15, 0.2) is 6.04 Å². The Morgan fingerprint density at radius 1 is 0.486 bits per heavy atom. The van der Waals surface area contributed by atoms with Crippen molar-refractivity contribution < 1.29 is 33.6 Å². The number of hydrogen-bond donors (Lipinski definition) is 0. The van der Waals surface area contributed by atoms with E-state index in [1.165, 1.54) is 26.6 Å². The Morgan fingerprint density at radius 2 is 0.786 bits per heavy atom. The molecule has 0 saturated heterocycles. The Labute approximate surface area is 418 Å². The first-order chi connectivity index (χ1) is 33.1. The molecule has 0 bridgehead atoms. The van der Waals surface area contributed by atoms with E-state index in [0.29, 0.717) is 17.3 Å². The van der Waals surface area contributed by atoms with Gasteiger partial charge >= 0.3 is 0 Å². The molecular formula is C57H79N7O6. The molecule has 0 heterocycles. The summed E-state index contributed by atoms with van der Waals surface area (Å²) in [6.45, 7) is 8.03. The quantitative estimate of drug-likeness (QED) is 0.0507. The van der Waals surface area contributed by atoms with E-state index in [1.54, 1.807) is 40.1 Å². The summed E-state index contributed by atoms with van der Waals surface area (Å²) in [4.78, 5) is 86.8. The molecule has 7 atom stereocenters. The van der Waals surface area contributed by atoms with Gasteiger partial charge in [-0.2, -0.15) is 0 Å². The lowest BCUT2D eigenvalue weighted by molar-refractivity contribution is -0.887. The summed E-state index contributed by atoms with van der Waals surface area (Å²) in [5.41, 5.74) is 3.30. The van der Waals surface area contributed by atoms with Crippen LogP contribution in [0.4, 0.5) is 0 Å². The van der Waals surface area contributed by atoms with Crippen molar-refractivity contribution in [2.45, 2.75) is 102 Å². The number of carbonyl (C=O) groups is 5. The highest BCUT2D eigenvalue weighted by Crippen LogP contribution is 2.25. The van der Waals surface area contributed by atoms with Crippen LogP contribution in [0.25, 0.3) is 0 Å². The molecule has 0 aromatic heterocycles. The Balaban J connectivity index is 1.79. The van der Waals surface area contributed by atoms with Gasteiger partial charge < -0.3 is 39.1 Å². The molecule has 0 aliphatic heterocycles. The Morgan fingerprint density at radius 3 is 1.10 bits per heavy atom. The fourth-order valence-corrected chi connectivity index (χ4v) is 9.17. The largest absolute Gasteiger partial charge is 0.861 e. The number of hydrogen-bond acceptors (Lipinski definition) is 7. The minimum atomic E-state index is -1.12. The molecule has 0 aliphatic carbocycles. The van der Waals surface area contributed by atoms with Gasteiger partial charge in [-0.25, -0.2) is 0 Å². The third-order valence-corrected chi connectivity index (χ3v) is 13.8. The number of aliphatic imine (C=N–C) groups is 1. The van der Waals surface area contributed by atoms with E-state index in [2.05, 4.69) is 18.8 Å². The highest BCUT2D eigenvalue weighted by Gasteiger charge is 2.44. The van der Waals surface area contributed by atoms with Gasteiger partial charge in [0.1, 0.15) is 24.2 Å². The van der Waals surface area contributed by atoms with Gasteiger partial charge in [-0.1, -0.05) is 155 Å². The fraction of sp³-hybridized carbons (Fsp3) is 0.474. The summed E-state index contributed by atoms with van der Waals surface area (Å²) in [5.74, 6) is -2.57. The molecule has 5 amide bonds. The molecule has 0 saturated carbocycles. The van der Waals surface area contributed by atoms with Gasteiger partial charge in [0.05, 0.1) is 27.2 Å². The summed E-state index contributed by atoms with van der Waals surface area (Å²) < 4.78 is 0.378. The third-order valence-electron chi connectivity index (χ3n) is 13.8. The Bertz CT molecular complexity index is 2320. The Hall–Kier alpha value is -6.34. The lowest BCUT2D eigenvalue weighted by Crippen LogP contribution is -2.62. The summed E-state index contributed by atoms with van der Waals surface area (Å²) in [6.07, 6.45) is 1.83. The van der Waals surface area contributed by atoms with Crippen molar-refractivity contribution >= 4 is 35.4 Å². The summed E-state index contributed by atoms with van der Waals surface area (Å²) >= 11 is 0. The molecule has 70 heavy (non-hydrogen) atoms. The minimum Gasteiger partial charge on any atom is -0.861 e. The molecule has 0 N–H and O–H groups in total. The SMILES string of the molecule is CC[C@@H](C)[C@@H](C(=O)N(C)[C@@H](Cc1ccccc1)C(=O)N(C)[C@@H](Cc1ccccc1)C(=O)N(C)[C@@H](Cc1ccccc1)C([O-])=NC)N(C)C(=O)[C@H](Cc1ccccc1)N(C)C(=O)[C@H](CC(C)C)[N+](C)(C)C. The number of quaternary nitrogens is 1. The van der Waals surface area contributed by atoms with Gasteiger partial charge in [-0.15, -0.1) is 0 Å². The van der Waals surface area contributed by atoms with Crippen LogP contribution in [0.3, 0.4) is 0 Å². The molecule has 378 valence electrons. The molecule has 13 nitrogen and oxygen atoms in total. The van der Waals surface area contributed by atoms with Crippen LogP contribution in [0.2, 0.25) is 0 Å². The first-order valence-electron chi connectivity index (χ1n) is 24.6. The molecule has 0 aliphatic rings. The molecule has 4 rings (SSSR count). The van der Waals surface area contributed by atoms with Crippen molar-refractivity contribution in [1.82, 2.24) is 24.5 Å². The number of benzene rings is 4. The van der Waals surface area contributed by atoms with E-state index >= 15 is 14.4 Å². The lowest BCUT2D eigenvalue weighted by atomic mass is 9.93. The van der Waals surface area contributed by atoms with E-state index in [1.807, 2.05) is 156 Å². The smallest absolute Gasteiger partial charge is 0.281 e. The van der Waals surface area contributed by atoms with Gasteiger partial charge in [-0.05, 0) is 46.4 Å². The zero-order valence-electron chi connectivity index (χ0n) is 44.0. The number of nitrogens with zero attached hydrogens (tertiary/aromatic N) is 7. The van der Waals surface area contributed by atoms with Crippen LogP contribution < -0.4 is 5.11 Å². The molecule has 0 unspecified atom stereocenters. The van der Waals surface area contributed by atoms with Crippen LogP contribution in [0.1, 0.15) is 62.8 Å². The normalized spacial score (nSPS) is 14.9. The molecule has 0 fully saturated rings. The summed E-state index contributed by atoms with van der Waals surface area (Å²) in [7, 11) is 15.4. The number of likely N-dealkylation sites (N-methyl/N-ethyl adjacent to an activating group) is 6. The van der Waals surface area contributed by atoms with Gasteiger partial charge in [0.2, 0.25) is 23.6 Å². The van der Waals surface area contributed by atoms with Crippen molar-refractivity contribution in [3.63, 3.8) is 0 Å². The zero-order chi connectivity index (χ0) is 51.9. The average Bonchev–Trinajstić information content (AvgIpc) is 3.36. The maximum atomic E-state index is 15.4. The maximum absolute atomic E-state index is 15.4. The molecule has 0 radical (unpaired) electrons. The Kier molecular flexibility index (Phi) is 20.9. The second-order valence-corrected chi connectivity index (χ2v) is 20.2. The molecule has 0 spiro atoms. The standard InChI is InChI=1S/C57H79N7O6/c1-14-41(4)51(63(10)55(68)49(39-45-33-25-18-26-34-45)61(8)56(69)50(35-40(2)3)64(11,12)13)57(70)62(9)48(38-44-31-23-17-24-32-44)54(67)60(7)47(37-43-29-21-16-22-30-43)53(66)59(6)46(52(65)58-5)36-42-27-19-15-20-28-42/h15-34,40-41,46-51H,14,35-39H2,1-13H3/t41-,46+,47+,48+,49+,50+,51+/m1/s1. The van der Waals surface area contributed by atoms with Crippen LogP contribution in [0.5, 0.6) is 0 Å². The van der Waals surface area contributed by atoms with Crippen LogP contribution in [-0.4, -0.2) is 164 Å². The lowest BCUT2D eigenvalue weighted by Gasteiger charge is -2.42. The first-order valence-corrected chi connectivity index (χ1v) is 24.6. The van der Waals surface area contributed by atoms with Gasteiger partial charge in [-0.3, -0.25) is 24.0 Å². The second kappa shape index (κ2) is 26.0. The van der Waals surface area contributed by atoms with E-state index in [0.717, 1.165) is 22.3 Å². The van der Waals surface area contributed by atoms with Crippen LogP contribution in [-0.2, 0) is 49.7 Å². The first kappa shape index (κ1) is 56.2. The van der Waals surface area contributed by atoms with Crippen LogP contribution in [0, 0.1) is 11.8 Å². The molecule has 4 aromatic carbocycles. The number of amides is 5. The zero-order valence-corrected chi connectivity index (χ0v) is 44.0. The van der Waals surface area contributed by atoms with Crippen molar-refractivity contribution in [3.05, 3.63) is 144 Å². The highest BCUT2D eigenvalue weighted by molar-refractivity contribution is 5.97. The van der Waals surface area contributed by atoms with Crippen molar-refractivity contribution in [2.75, 3.05) is 63.4 Å². The van der Waals surface area contributed by atoms with Crippen molar-refractivity contribution in [2.24, 2.45) is 16.8 Å². The fourth-order valence-electron chi connectivity index (χ4n) is 9.17. The van der Waals surface area contributed by atoms with Crippen molar-refractivity contribution in [3.8, 4) is 0 Å². The van der Waals surface area contributed by atoms with E-state index in [-0.39, 0.29) is 43.4 Å². The second-order valence-electron chi connectivity index (χ2n) is 20.2. The predicted molar refractivity (Wildman–Crippen MR) is 277 cm³/mol. The van der Waals surface area contributed by atoms with Crippen molar-refractivity contribution in [1.29, 1.82) is 0 Å². The predicted octanol–water partition coefficient (Wildman–Crippen LogP) is 5.65. The summed E-state index contributed by atoms with van der Waals surface area (Å²) in [6, 6.07) is 32.2. The monoisotopic (exact) mass is 958 g/mol. The van der Waals surface area contributed by atoms with E-state index in [4.69, 9.17) is 0 Å². The topological polar surface area (TPSA) is 137 Å². The molecule has 4 aromatic rings. The molecular weight excluding hydrogens is 879 g/mol. The van der Waals surface area contributed by atoms with Gasteiger partial charge in [0, 0.05) is 68.0 Å². The van der Waals surface area contributed by atoms with Crippen LogP contribution >= 0.6 is 0 Å². The summed E-state index contributed by atoms with van der Waals surface area (Å²) in [5, 5.41) is 13.4. The van der Waals surface area contributed by atoms with Crippen LogP contribution in [0.15, 0.2) is 126 Å². The maximum Gasteiger partial charge on any atom is 0.281 e. The average molecular weight is 958 g/mol. The molecule has 13 heteroatoms. The van der Waals surface area contributed by atoms with Gasteiger partial charge in [0.25, 0.3) is 5.91 Å². The number of rotatable bonds is 24. The van der Waals surface area contributed by atoms with E-state index < -0.39 is 65.8 Å². The highest BCUT2D eigenvalue weighted by atomic mass is 16.3.